The van der Waals surface area contributed by atoms with Gasteiger partial charge in [-0.25, -0.2) is 4.79 Å². The van der Waals surface area contributed by atoms with E-state index in [0.717, 1.165) is 37.7 Å². The Labute approximate surface area is 181 Å². The number of halogens is 1. The Balaban J connectivity index is 1.60. The van der Waals surface area contributed by atoms with Crippen LogP contribution in [0.1, 0.15) is 44.1 Å². The highest BCUT2D eigenvalue weighted by atomic mass is 35.5. The number of hydrogen-bond acceptors (Lipinski definition) is 3. The minimum absolute atomic E-state index is 0.0410. The number of amides is 3. The zero-order valence-electron chi connectivity index (χ0n) is 17.0. The van der Waals surface area contributed by atoms with E-state index in [1.165, 1.54) is 4.90 Å². The van der Waals surface area contributed by atoms with E-state index in [1.54, 1.807) is 9.80 Å². The minimum Gasteiger partial charge on any atom is -0.465 e. The van der Waals surface area contributed by atoms with Gasteiger partial charge in [0.1, 0.15) is 12.2 Å². The van der Waals surface area contributed by atoms with Crippen LogP contribution in [0.3, 0.4) is 0 Å². The standard InChI is InChI=1S/C22H28ClN3O4/c23-17-8-4-5-15(13-17)9-11-24-14-18-25(22(29)30)12-10-19(27)26(18)20(21(24)28)16-6-2-1-3-7-16/h4-5,8,13,16,18,20H,1-3,6-7,9-12,14H2,(H,29,30)/t18-,20+/m1/s1. The summed E-state index contributed by atoms with van der Waals surface area (Å²) in [6.45, 7) is 0.887. The van der Waals surface area contributed by atoms with E-state index in [0.29, 0.717) is 18.0 Å². The van der Waals surface area contributed by atoms with E-state index < -0.39 is 18.3 Å². The molecule has 30 heavy (non-hydrogen) atoms. The van der Waals surface area contributed by atoms with Gasteiger partial charge < -0.3 is 14.9 Å². The Kier molecular flexibility index (Phi) is 6.18. The summed E-state index contributed by atoms with van der Waals surface area (Å²) in [6, 6.07) is 6.99. The number of rotatable bonds is 4. The van der Waals surface area contributed by atoms with Crippen molar-refractivity contribution in [2.75, 3.05) is 19.6 Å². The molecule has 1 aromatic rings. The van der Waals surface area contributed by atoms with Gasteiger partial charge in [0, 0.05) is 24.5 Å². The van der Waals surface area contributed by atoms with Gasteiger partial charge in [0.25, 0.3) is 0 Å². The molecule has 0 bridgehead atoms. The third-order valence-corrected chi connectivity index (χ3v) is 6.92. The molecule has 3 amide bonds. The van der Waals surface area contributed by atoms with Crippen LogP contribution in [-0.4, -0.2) is 69.6 Å². The Morgan fingerprint density at radius 1 is 1.17 bits per heavy atom. The van der Waals surface area contributed by atoms with E-state index in [1.807, 2.05) is 24.3 Å². The van der Waals surface area contributed by atoms with E-state index in [2.05, 4.69) is 0 Å². The fourth-order valence-corrected chi connectivity index (χ4v) is 5.40. The zero-order valence-corrected chi connectivity index (χ0v) is 17.8. The highest BCUT2D eigenvalue weighted by Crippen LogP contribution is 2.35. The van der Waals surface area contributed by atoms with Crippen molar-refractivity contribution in [2.45, 2.75) is 57.2 Å². The lowest BCUT2D eigenvalue weighted by Gasteiger charge is -2.53. The molecule has 0 spiro atoms. The predicted octanol–water partition coefficient (Wildman–Crippen LogP) is 3.21. The van der Waals surface area contributed by atoms with Gasteiger partial charge in [-0.1, -0.05) is 43.0 Å². The van der Waals surface area contributed by atoms with Crippen LogP contribution in [0.25, 0.3) is 0 Å². The summed E-state index contributed by atoms with van der Waals surface area (Å²) in [5.74, 6) is -0.0444. The minimum atomic E-state index is -1.04. The number of nitrogens with zero attached hydrogens (tertiary/aromatic N) is 3. The number of carbonyl (C=O) groups excluding carboxylic acids is 2. The second-order valence-electron chi connectivity index (χ2n) is 8.51. The SMILES string of the molecule is O=C1[C@H](C2CCCCC2)N2C(=O)CCN(C(=O)O)[C@H]2CN1CCc1cccc(Cl)c1. The molecule has 2 aliphatic heterocycles. The first-order chi connectivity index (χ1) is 14.5. The van der Waals surface area contributed by atoms with E-state index in [-0.39, 0.29) is 37.2 Å². The van der Waals surface area contributed by atoms with E-state index in [4.69, 9.17) is 11.6 Å². The number of piperazine rings is 1. The normalized spacial score (nSPS) is 25.4. The van der Waals surface area contributed by atoms with Crippen molar-refractivity contribution >= 4 is 29.5 Å². The van der Waals surface area contributed by atoms with Gasteiger partial charge in [-0.05, 0) is 42.9 Å². The Morgan fingerprint density at radius 2 is 1.93 bits per heavy atom. The van der Waals surface area contributed by atoms with Gasteiger partial charge >= 0.3 is 6.09 Å². The number of carbonyl (C=O) groups is 3. The molecule has 1 aliphatic carbocycles. The molecule has 3 aliphatic rings. The van der Waals surface area contributed by atoms with Crippen LogP contribution >= 0.6 is 11.6 Å². The molecular formula is C22H28ClN3O4. The van der Waals surface area contributed by atoms with E-state index in [9.17, 15) is 19.5 Å². The molecule has 2 heterocycles. The van der Waals surface area contributed by atoms with Gasteiger partial charge in [-0.2, -0.15) is 0 Å². The lowest BCUT2D eigenvalue weighted by molar-refractivity contribution is -0.171. The summed E-state index contributed by atoms with van der Waals surface area (Å²) in [4.78, 5) is 42.9. The maximum absolute atomic E-state index is 13.5. The average molecular weight is 434 g/mol. The van der Waals surface area contributed by atoms with Gasteiger partial charge in [0.2, 0.25) is 11.8 Å². The summed E-state index contributed by atoms with van der Waals surface area (Å²) >= 11 is 6.08. The van der Waals surface area contributed by atoms with Crippen LogP contribution in [0.5, 0.6) is 0 Å². The van der Waals surface area contributed by atoms with Crippen molar-refractivity contribution in [3.05, 3.63) is 34.9 Å². The highest BCUT2D eigenvalue weighted by Gasteiger charge is 2.51. The molecule has 8 heteroatoms. The number of benzene rings is 1. The first-order valence-corrected chi connectivity index (χ1v) is 11.2. The molecule has 1 N–H and O–H groups in total. The van der Waals surface area contributed by atoms with Crippen molar-refractivity contribution in [3.8, 4) is 0 Å². The zero-order chi connectivity index (χ0) is 21.3. The number of carboxylic acid groups (broad SMARTS) is 1. The summed E-state index contributed by atoms with van der Waals surface area (Å²) in [5, 5.41) is 10.4. The van der Waals surface area contributed by atoms with Crippen LogP contribution in [0, 0.1) is 5.92 Å². The number of fused-ring (bicyclic) bond motifs is 1. The van der Waals surface area contributed by atoms with Gasteiger partial charge in [0.15, 0.2) is 0 Å². The van der Waals surface area contributed by atoms with Crippen molar-refractivity contribution in [1.82, 2.24) is 14.7 Å². The fourth-order valence-electron chi connectivity index (χ4n) is 5.19. The smallest absolute Gasteiger partial charge is 0.409 e. The van der Waals surface area contributed by atoms with Crippen molar-refractivity contribution < 1.29 is 19.5 Å². The lowest BCUT2D eigenvalue weighted by atomic mass is 9.81. The summed E-state index contributed by atoms with van der Waals surface area (Å²) in [6.07, 6.45) is 4.19. The molecular weight excluding hydrogens is 406 g/mol. The lowest BCUT2D eigenvalue weighted by Crippen LogP contribution is -2.72. The largest absolute Gasteiger partial charge is 0.465 e. The Morgan fingerprint density at radius 3 is 2.63 bits per heavy atom. The fraction of sp³-hybridized carbons (Fsp3) is 0.591. The molecule has 162 valence electrons. The van der Waals surface area contributed by atoms with Crippen LogP contribution in [0.4, 0.5) is 4.79 Å². The molecule has 0 radical (unpaired) electrons. The van der Waals surface area contributed by atoms with Crippen LogP contribution in [0.2, 0.25) is 5.02 Å². The molecule has 1 aromatic carbocycles. The predicted molar refractivity (Wildman–Crippen MR) is 112 cm³/mol. The third-order valence-electron chi connectivity index (χ3n) is 6.68. The molecule has 2 saturated heterocycles. The average Bonchev–Trinajstić information content (AvgIpc) is 2.73. The highest BCUT2D eigenvalue weighted by molar-refractivity contribution is 6.30. The van der Waals surface area contributed by atoms with E-state index >= 15 is 0 Å². The Hall–Kier alpha value is -2.28. The molecule has 4 rings (SSSR count). The van der Waals surface area contributed by atoms with Crippen LogP contribution in [-0.2, 0) is 16.0 Å². The second kappa shape index (κ2) is 8.84. The van der Waals surface area contributed by atoms with Crippen molar-refractivity contribution in [1.29, 1.82) is 0 Å². The topological polar surface area (TPSA) is 81.2 Å². The number of hydrogen-bond donors (Lipinski definition) is 1. The Bertz CT molecular complexity index is 826. The summed E-state index contributed by atoms with van der Waals surface area (Å²) in [5.41, 5.74) is 1.03. The first-order valence-electron chi connectivity index (χ1n) is 10.8. The molecule has 0 unspecified atom stereocenters. The quantitative estimate of drug-likeness (QED) is 0.790. The maximum Gasteiger partial charge on any atom is 0.409 e. The molecule has 2 atom stereocenters. The first kappa shape index (κ1) is 21.0. The maximum atomic E-state index is 13.5. The second-order valence-corrected chi connectivity index (χ2v) is 8.95. The molecule has 7 nitrogen and oxygen atoms in total. The molecule has 3 fully saturated rings. The third kappa shape index (κ3) is 4.13. The van der Waals surface area contributed by atoms with Gasteiger partial charge in [0.05, 0.1) is 6.54 Å². The van der Waals surface area contributed by atoms with Gasteiger partial charge in [-0.3, -0.25) is 14.5 Å². The van der Waals surface area contributed by atoms with Crippen LogP contribution < -0.4 is 0 Å². The van der Waals surface area contributed by atoms with Gasteiger partial charge in [-0.15, -0.1) is 0 Å². The van der Waals surface area contributed by atoms with Crippen molar-refractivity contribution in [3.63, 3.8) is 0 Å². The molecule has 0 aromatic heterocycles. The summed E-state index contributed by atoms with van der Waals surface area (Å²) in [7, 11) is 0. The van der Waals surface area contributed by atoms with Crippen LogP contribution in [0.15, 0.2) is 24.3 Å². The molecule has 1 saturated carbocycles. The monoisotopic (exact) mass is 433 g/mol. The van der Waals surface area contributed by atoms with Crippen molar-refractivity contribution in [2.24, 2.45) is 5.92 Å². The summed E-state index contributed by atoms with van der Waals surface area (Å²) < 4.78 is 0.